The number of benzene rings is 2. The largest absolute Gasteiger partial charge is 0.506 e. The Hall–Kier alpha value is -2.20. The number of aromatic hydroxyl groups is 1. The second-order valence-electron chi connectivity index (χ2n) is 5.04. The highest BCUT2D eigenvalue weighted by molar-refractivity contribution is 6.30. The molecule has 0 radical (unpaired) electrons. The Labute approximate surface area is 128 Å². The SMILES string of the molecule is CC(C)(Oc1ccc(Cl)cc1)C(=O)Nc1ccccc1O. The van der Waals surface area contributed by atoms with E-state index < -0.39 is 5.60 Å². The first-order valence-corrected chi connectivity index (χ1v) is 6.80. The summed E-state index contributed by atoms with van der Waals surface area (Å²) in [7, 11) is 0. The van der Waals surface area contributed by atoms with Crippen LogP contribution in [0.2, 0.25) is 5.02 Å². The first-order chi connectivity index (χ1) is 9.88. The van der Waals surface area contributed by atoms with Crippen molar-refractivity contribution in [2.24, 2.45) is 0 Å². The van der Waals surface area contributed by atoms with Gasteiger partial charge in [-0.15, -0.1) is 0 Å². The van der Waals surface area contributed by atoms with Gasteiger partial charge < -0.3 is 15.2 Å². The van der Waals surface area contributed by atoms with E-state index in [0.29, 0.717) is 16.5 Å². The van der Waals surface area contributed by atoms with Crippen LogP contribution in [0.1, 0.15) is 13.8 Å². The van der Waals surface area contributed by atoms with E-state index in [1.807, 2.05) is 0 Å². The number of hydrogen-bond acceptors (Lipinski definition) is 3. The molecule has 0 saturated heterocycles. The molecular formula is C16H16ClNO3. The highest BCUT2D eigenvalue weighted by atomic mass is 35.5. The second-order valence-corrected chi connectivity index (χ2v) is 5.47. The number of phenols is 1. The van der Waals surface area contributed by atoms with E-state index in [0.717, 1.165) is 0 Å². The van der Waals surface area contributed by atoms with Gasteiger partial charge in [0, 0.05) is 5.02 Å². The maximum atomic E-state index is 12.3. The van der Waals surface area contributed by atoms with E-state index in [2.05, 4.69) is 5.32 Å². The zero-order chi connectivity index (χ0) is 15.5. The quantitative estimate of drug-likeness (QED) is 0.844. The molecule has 0 aliphatic carbocycles. The fraction of sp³-hybridized carbons (Fsp3) is 0.188. The Balaban J connectivity index is 2.10. The van der Waals surface area contributed by atoms with Crippen LogP contribution < -0.4 is 10.1 Å². The van der Waals surface area contributed by atoms with Gasteiger partial charge in [0.1, 0.15) is 11.5 Å². The molecule has 2 N–H and O–H groups in total. The lowest BCUT2D eigenvalue weighted by Crippen LogP contribution is -2.42. The molecule has 0 spiro atoms. The van der Waals surface area contributed by atoms with Crippen molar-refractivity contribution in [3.05, 3.63) is 53.6 Å². The molecule has 2 rings (SSSR count). The minimum Gasteiger partial charge on any atom is -0.506 e. The van der Waals surface area contributed by atoms with Crippen molar-refractivity contribution in [1.82, 2.24) is 0 Å². The second kappa shape index (κ2) is 6.06. The predicted octanol–water partition coefficient (Wildman–Crippen LogP) is 3.84. The van der Waals surface area contributed by atoms with Gasteiger partial charge in [0.05, 0.1) is 5.69 Å². The van der Waals surface area contributed by atoms with Gasteiger partial charge in [0.15, 0.2) is 5.60 Å². The van der Waals surface area contributed by atoms with E-state index in [4.69, 9.17) is 16.3 Å². The van der Waals surface area contributed by atoms with Crippen LogP contribution in [0.5, 0.6) is 11.5 Å². The number of carbonyl (C=O) groups excluding carboxylic acids is 1. The van der Waals surface area contributed by atoms with Crippen LogP contribution in [0, 0.1) is 0 Å². The molecule has 0 aliphatic heterocycles. The monoisotopic (exact) mass is 305 g/mol. The summed E-state index contributed by atoms with van der Waals surface area (Å²) in [6, 6.07) is 13.3. The molecule has 4 nitrogen and oxygen atoms in total. The molecule has 0 unspecified atom stereocenters. The van der Waals surface area contributed by atoms with Crippen LogP contribution >= 0.6 is 11.6 Å². The topological polar surface area (TPSA) is 58.6 Å². The van der Waals surface area contributed by atoms with Crippen LogP contribution in [0.25, 0.3) is 0 Å². The number of nitrogens with one attached hydrogen (secondary N) is 1. The standard InChI is InChI=1S/C16H16ClNO3/c1-16(2,21-12-9-7-11(17)8-10-12)15(20)18-13-5-3-4-6-14(13)19/h3-10,19H,1-2H3,(H,18,20). The maximum absolute atomic E-state index is 12.3. The fourth-order valence-electron chi connectivity index (χ4n) is 1.70. The number of carbonyl (C=O) groups is 1. The number of anilines is 1. The van der Waals surface area contributed by atoms with Crippen LogP contribution in [0.15, 0.2) is 48.5 Å². The summed E-state index contributed by atoms with van der Waals surface area (Å²) in [5.41, 5.74) is -0.758. The minimum atomic E-state index is -1.10. The number of para-hydroxylation sites is 2. The molecule has 5 heteroatoms. The average Bonchev–Trinajstić information content (AvgIpc) is 2.43. The lowest BCUT2D eigenvalue weighted by molar-refractivity contribution is -0.128. The minimum absolute atomic E-state index is 0.00754. The molecule has 2 aromatic rings. The number of amides is 1. The van der Waals surface area contributed by atoms with Gasteiger partial charge in [0.25, 0.3) is 5.91 Å². The third-order valence-electron chi connectivity index (χ3n) is 2.89. The number of ether oxygens (including phenoxy) is 1. The zero-order valence-corrected chi connectivity index (χ0v) is 12.5. The van der Waals surface area contributed by atoms with Crippen LogP contribution in [-0.4, -0.2) is 16.6 Å². The summed E-state index contributed by atoms with van der Waals surface area (Å²) < 4.78 is 5.68. The Morgan fingerprint density at radius 3 is 2.38 bits per heavy atom. The normalized spacial score (nSPS) is 11.0. The Bertz CT molecular complexity index is 638. The molecule has 1 amide bonds. The Morgan fingerprint density at radius 2 is 1.76 bits per heavy atom. The molecule has 0 atom stereocenters. The van der Waals surface area contributed by atoms with E-state index in [1.165, 1.54) is 6.07 Å². The predicted molar refractivity (Wildman–Crippen MR) is 82.9 cm³/mol. The highest BCUT2D eigenvalue weighted by Crippen LogP contribution is 2.25. The van der Waals surface area contributed by atoms with Gasteiger partial charge in [-0.25, -0.2) is 0 Å². The first-order valence-electron chi connectivity index (χ1n) is 6.42. The highest BCUT2D eigenvalue weighted by Gasteiger charge is 2.30. The third-order valence-corrected chi connectivity index (χ3v) is 3.14. The molecule has 0 saturated carbocycles. The molecule has 110 valence electrons. The van der Waals surface area contributed by atoms with Crippen molar-refractivity contribution in [2.45, 2.75) is 19.4 Å². The number of halogens is 1. The Morgan fingerprint density at radius 1 is 1.14 bits per heavy atom. The molecule has 0 heterocycles. The first kappa shape index (κ1) is 15.2. The van der Waals surface area contributed by atoms with Crippen molar-refractivity contribution in [3.63, 3.8) is 0 Å². The summed E-state index contributed by atoms with van der Waals surface area (Å²) in [5.74, 6) is 0.184. The van der Waals surface area contributed by atoms with Crippen LogP contribution in [0.3, 0.4) is 0 Å². The van der Waals surface area contributed by atoms with Crippen molar-refractivity contribution >= 4 is 23.2 Å². The molecule has 0 fully saturated rings. The number of rotatable bonds is 4. The van der Waals surface area contributed by atoms with Gasteiger partial charge in [-0.05, 0) is 50.2 Å². The van der Waals surface area contributed by atoms with Gasteiger partial charge in [-0.1, -0.05) is 23.7 Å². The zero-order valence-electron chi connectivity index (χ0n) is 11.8. The van der Waals surface area contributed by atoms with Gasteiger partial charge in [-0.3, -0.25) is 4.79 Å². The van der Waals surface area contributed by atoms with Crippen LogP contribution in [-0.2, 0) is 4.79 Å². The van der Waals surface area contributed by atoms with Crippen molar-refractivity contribution in [1.29, 1.82) is 0 Å². The summed E-state index contributed by atoms with van der Waals surface area (Å²) >= 11 is 5.81. The summed E-state index contributed by atoms with van der Waals surface area (Å²) in [6.45, 7) is 3.30. The van der Waals surface area contributed by atoms with E-state index >= 15 is 0 Å². The molecule has 21 heavy (non-hydrogen) atoms. The Kier molecular flexibility index (Phi) is 4.38. The summed E-state index contributed by atoms with van der Waals surface area (Å²) in [4.78, 5) is 12.3. The van der Waals surface area contributed by atoms with Gasteiger partial charge in [-0.2, -0.15) is 0 Å². The average molecular weight is 306 g/mol. The van der Waals surface area contributed by atoms with Gasteiger partial charge >= 0.3 is 0 Å². The van der Waals surface area contributed by atoms with E-state index in [9.17, 15) is 9.90 Å². The lowest BCUT2D eigenvalue weighted by Gasteiger charge is -2.25. The molecule has 0 aliphatic rings. The third kappa shape index (κ3) is 3.89. The van der Waals surface area contributed by atoms with Crippen molar-refractivity contribution < 1.29 is 14.6 Å². The molecule has 0 aromatic heterocycles. The van der Waals surface area contributed by atoms with Crippen LogP contribution in [0.4, 0.5) is 5.69 Å². The smallest absolute Gasteiger partial charge is 0.268 e. The van der Waals surface area contributed by atoms with E-state index in [-0.39, 0.29) is 11.7 Å². The van der Waals surface area contributed by atoms with Crippen molar-refractivity contribution in [3.8, 4) is 11.5 Å². The van der Waals surface area contributed by atoms with Crippen molar-refractivity contribution in [2.75, 3.05) is 5.32 Å². The molecule has 0 bridgehead atoms. The fourth-order valence-corrected chi connectivity index (χ4v) is 1.82. The van der Waals surface area contributed by atoms with E-state index in [1.54, 1.807) is 56.3 Å². The van der Waals surface area contributed by atoms with Gasteiger partial charge in [0.2, 0.25) is 0 Å². The summed E-state index contributed by atoms with van der Waals surface area (Å²) in [5, 5.41) is 12.9. The molecule has 2 aromatic carbocycles. The number of hydrogen-bond donors (Lipinski definition) is 2. The number of phenolic OH excluding ortho intramolecular Hbond substituents is 1. The molecular weight excluding hydrogens is 290 g/mol. The summed E-state index contributed by atoms with van der Waals surface area (Å²) in [6.07, 6.45) is 0. The lowest BCUT2D eigenvalue weighted by atomic mass is 10.1. The maximum Gasteiger partial charge on any atom is 0.268 e.